The van der Waals surface area contributed by atoms with Crippen molar-refractivity contribution in [2.24, 2.45) is 11.1 Å². The van der Waals surface area contributed by atoms with E-state index >= 15 is 0 Å². The maximum absolute atomic E-state index is 13.2. The van der Waals surface area contributed by atoms with Crippen LogP contribution in [0.3, 0.4) is 0 Å². The molecule has 0 aliphatic heterocycles. The number of benzene rings is 1. The lowest BCUT2D eigenvalue weighted by atomic mass is 9.93. The van der Waals surface area contributed by atoms with Crippen LogP contribution in [0.15, 0.2) is 18.2 Å². The summed E-state index contributed by atoms with van der Waals surface area (Å²) >= 11 is 0. The first kappa shape index (κ1) is 19.3. The topological polar surface area (TPSA) is 89.5 Å². The van der Waals surface area contributed by atoms with Crippen molar-refractivity contribution < 1.29 is 14.1 Å². The van der Waals surface area contributed by atoms with E-state index in [0.29, 0.717) is 13.1 Å². The zero-order chi connectivity index (χ0) is 15.5. The predicted molar refractivity (Wildman–Crippen MR) is 80.1 cm³/mol. The minimum absolute atomic E-state index is 0. The highest BCUT2D eigenvalue weighted by atomic mass is 35.5. The maximum atomic E-state index is 13.2. The lowest BCUT2D eigenvalue weighted by Crippen LogP contribution is -2.40. The molecular weight excluding hydrogens is 301 g/mol. The first-order valence-corrected chi connectivity index (χ1v) is 6.07. The predicted octanol–water partition coefficient (Wildman–Crippen LogP) is 2.21. The van der Waals surface area contributed by atoms with Crippen LogP contribution in [-0.4, -0.2) is 35.9 Å². The third-order valence-electron chi connectivity index (χ3n) is 2.95. The van der Waals surface area contributed by atoms with E-state index in [-0.39, 0.29) is 23.4 Å². The molecule has 8 heteroatoms. The summed E-state index contributed by atoms with van der Waals surface area (Å²) in [7, 11) is 1.51. The number of nitrogens with zero attached hydrogens (tertiary/aromatic N) is 2. The highest BCUT2D eigenvalue weighted by molar-refractivity contribution is 5.98. The van der Waals surface area contributed by atoms with Gasteiger partial charge in [-0.15, -0.1) is 12.4 Å². The Hall–Kier alpha value is -1.73. The molecule has 0 bridgehead atoms. The third kappa shape index (κ3) is 4.95. The van der Waals surface area contributed by atoms with E-state index in [1.54, 1.807) is 0 Å². The van der Waals surface area contributed by atoms with Crippen LogP contribution >= 0.6 is 12.4 Å². The van der Waals surface area contributed by atoms with Crippen LogP contribution in [0, 0.1) is 21.3 Å². The first-order chi connectivity index (χ1) is 9.18. The van der Waals surface area contributed by atoms with Crippen LogP contribution in [0.4, 0.5) is 10.1 Å². The van der Waals surface area contributed by atoms with E-state index < -0.39 is 22.3 Å². The second kappa shape index (κ2) is 7.33. The molecule has 1 rings (SSSR count). The van der Waals surface area contributed by atoms with Crippen LogP contribution in [0.1, 0.15) is 24.2 Å². The molecule has 0 saturated heterocycles. The molecule has 0 aliphatic carbocycles. The maximum Gasteiger partial charge on any atom is 0.282 e. The summed E-state index contributed by atoms with van der Waals surface area (Å²) in [5.41, 5.74) is 4.60. The Balaban J connectivity index is 0.00000400. The van der Waals surface area contributed by atoms with Gasteiger partial charge in [-0.05, 0) is 24.1 Å². The summed E-state index contributed by atoms with van der Waals surface area (Å²) in [5, 5.41) is 10.9. The van der Waals surface area contributed by atoms with Crippen LogP contribution in [0.2, 0.25) is 0 Å². The van der Waals surface area contributed by atoms with Crippen LogP contribution in [-0.2, 0) is 0 Å². The normalized spacial score (nSPS) is 10.7. The zero-order valence-electron chi connectivity index (χ0n) is 12.1. The van der Waals surface area contributed by atoms with Gasteiger partial charge >= 0.3 is 0 Å². The first-order valence-electron chi connectivity index (χ1n) is 6.07. The molecule has 0 saturated carbocycles. The smallest absolute Gasteiger partial charge is 0.282 e. The number of halogens is 2. The van der Waals surface area contributed by atoms with Gasteiger partial charge < -0.3 is 10.6 Å². The number of amides is 1. The zero-order valence-corrected chi connectivity index (χ0v) is 12.9. The third-order valence-corrected chi connectivity index (χ3v) is 2.95. The molecule has 21 heavy (non-hydrogen) atoms. The van der Waals surface area contributed by atoms with Crippen molar-refractivity contribution in [1.82, 2.24) is 4.90 Å². The van der Waals surface area contributed by atoms with Gasteiger partial charge in [-0.25, -0.2) is 4.39 Å². The average Bonchev–Trinajstić information content (AvgIpc) is 2.36. The van der Waals surface area contributed by atoms with Gasteiger partial charge in [-0.2, -0.15) is 0 Å². The molecule has 0 unspecified atom stereocenters. The van der Waals surface area contributed by atoms with Crippen molar-refractivity contribution in [3.63, 3.8) is 0 Å². The van der Waals surface area contributed by atoms with Gasteiger partial charge in [0.25, 0.3) is 11.6 Å². The number of nitro benzene ring substituents is 1. The summed E-state index contributed by atoms with van der Waals surface area (Å²) in [5.74, 6) is -1.29. The van der Waals surface area contributed by atoms with Crippen molar-refractivity contribution in [3.8, 4) is 0 Å². The van der Waals surface area contributed by atoms with Gasteiger partial charge in [-0.1, -0.05) is 13.8 Å². The standard InChI is InChI=1S/C13H18FN3O3.ClH/c1-13(2,7-15)8-16(3)12(18)10-6-9(14)4-5-11(10)17(19)20;/h4-6H,7-8,15H2,1-3H3;1H. The number of hydrogen-bond acceptors (Lipinski definition) is 4. The molecule has 1 aromatic carbocycles. The second-order valence-electron chi connectivity index (χ2n) is 5.45. The van der Waals surface area contributed by atoms with Gasteiger partial charge in [0.15, 0.2) is 0 Å². The Kier molecular flexibility index (Phi) is 6.72. The molecule has 118 valence electrons. The molecule has 0 aliphatic rings. The molecule has 2 N–H and O–H groups in total. The highest BCUT2D eigenvalue weighted by Gasteiger charge is 2.27. The van der Waals surface area contributed by atoms with Gasteiger partial charge in [0.1, 0.15) is 11.4 Å². The van der Waals surface area contributed by atoms with E-state index in [4.69, 9.17) is 5.73 Å². The molecule has 1 aromatic rings. The second-order valence-corrected chi connectivity index (χ2v) is 5.45. The summed E-state index contributed by atoms with van der Waals surface area (Å²) < 4.78 is 13.2. The Morgan fingerprint density at radius 3 is 2.52 bits per heavy atom. The fourth-order valence-corrected chi connectivity index (χ4v) is 1.82. The molecule has 0 radical (unpaired) electrons. The van der Waals surface area contributed by atoms with E-state index in [1.807, 2.05) is 13.8 Å². The number of nitro groups is 1. The molecular formula is C13H19ClFN3O3. The summed E-state index contributed by atoms with van der Waals surface area (Å²) in [4.78, 5) is 23.7. The lowest BCUT2D eigenvalue weighted by molar-refractivity contribution is -0.385. The number of nitrogens with two attached hydrogens (primary N) is 1. The van der Waals surface area contributed by atoms with E-state index in [2.05, 4.69) is 0 Å². The average molecular weight is 320 g/mol. The molecule has 0 heterocycles. The fraction of sp³-hybridized carbons (Fsp3) is 0.462. The van der Waals surface area contributed by atoms with Crippen molar-refractivity contribution >= 4 is 24.0 Å². The number of hydrogen-bond donors (Lipinski definition) is 1. The summed E-state index contributed by atoms with van der Waals surface area (Å²) in [6.45, 7) is 4.42. The lowest BCUT2D eigenvalue weighted by Gasteiger charge is -2.29. The van der Waals surface area contributed by atoms with Crippen LogP contribution < -0.4 is 5.73 Å². The van der Waals surface area contributed by atoms with Gasteiger partial charge in [0.05, 0.1) is 4.92 Å². The molecule has 0 atom stereocenters. The van der Waals surface area contributed by atoms with E-state index in [0.717, 1.165) is 18.2 Å². The fourth-order valence-electron chi connectivity index (χ4n) is 1.82. The molecule has 1 amide bonds. The SMILES string of the molecule is CN(CC(C)(C)CN)C(=O)c1cc(F)ccc1[N+](=O)[O-].Cl. The Morgan fingerprint density at radius 1 is 1.48 bits per heavy atom. The summed E-state index contributed by atoms with van der Waals surface area (Å²) in [6.07, 6.45) is 0. The molecule has 0 aromatic heterocycles. The number of carbonyl (C=O) groups is 1. The Bertz CT molecular complexity index is 537. The van der Waals surface area contributed by atoms with E-state index in [1.165, 1.54) is 11.9 Å². The van der Waals surface area contributed by atoms with Gasteiger partial charge in [0.2, 0.25) is 0 Å². The van der Waals surface area contributed by atoms with Gasteiger partial charge in [-0.3, -0.25) is 14.9 Å². The largest absolute Gasteiger partial charge is 0.341 e. The summed E-state index contributed by atoms with van der Waals surface area (Å²) in [6, 6.07) is 2.83. The number of carbonyl (C=O) groups excluding carboxylic acids is 1. The quantitative estimate of drug-likeness (QED) is 0.665. The number of rotatable bonds is 5. The van der Waals surface area contributed by atoms with Crippen molar-refractivity contribution in [3.05, 3.63) is 39.7 Å². The Morgan fingerprint density at radius 2 is 2.05 bits per heavy atom. The molecule has 0 spiro atoms. The van der Waals surface area contributed by atoms with Crippen molar-refractivity contribution in [2.75, 3.05) is 20.1 Å². The van der Waals surface area contributed by atoms with Crippen molar-refractivity contribution in [1.29, 1.82) is 0 Å². The monoisotopic (exact) mass is 319 g/mol. The minimum Gasteiger partial charge on any atom is -0.341 e. The van der Waals surface area contributed by atoms with Crippen LogP contribution in [0.5, 0.6) is 0 Å². The van der Waals surface area contributed by atoms with Crippen LogP contribution in [0.25, 0.3) is 0 Å². The minimum atomic E-state index is -0.700. The Labute approximate surface area is 128 Å². The van der Waals surface area contributed by atoms with E-state index in [9.17, 15) is 19.3 Å². The van der Waals surface area contributed by atoms with Gasteiger partial charge in [0, 0.05) is 19.7 Å². The van der Waals surface area contributed by atoms with Crippen molar-refractivity contribution in [2.45, 2.75) is 13.8 Å². The molecule has 6 nitrogen and oxygen atoms in total. The highest BCUT2D eigenvalue weighted by Crippen LogP contribution is 2.22. The molecule has 0 fully saturated rings.